The number of fused-ring (bicyclic) bond motifs is 1. The molecule has 1 heterocycles. The number of nitrogens with one attached hydrogen (secondary N) is 1. The maximum Gasteiger partial charge on any atom is 0.104 e. The Bertz CT molecular complexity index is 551. The van der Waals surface area contributed by atoms with Crippen molar-refractivity contribution in [3.05, 3.63) is 48.0 Å². The summed E-state index contributed by atoms with van der Waals surface area (Å²) in [4.78, 5) is 0. The minimum Gasteiger partial charge on any atom is -0.376 e. The van der Waals surface area contributed by atoms with Gasteiger partial charge in [-0.25, -0.2) is 0 Å². The van der Waals surface area contributed by atoms with Gasteiger partial charge in [0.15, 0.2) is 0 Å². The SMILES string of the molecule is CNC(COC1COC1)c1ccc2ccccc2c1. The molecule has 1 N–H and O–H groups in total. The third kappa shape index (κ3) is 2.78. The van der Waals surface area contributed by atoms with Crippen LogP contribution in [0.25, 0.3) is 10.8 Å². The summed E-state index contributed by atoms with van der Waals surface area (Å²) in [5.74, 6) is 0. The van der Waals surface area contributed by atoms with Crippen LogP contribution in [0.5, 0.6) is 0 Å². The van der Waals surface area contributed by atoms with E-state index in [2.05, 4.69) is 47.8 Å². The first kappa shape index (κ1) is 12.6. The summed E-state index contributed by atoms with van der Waals surface area (Å²) < 4.78 is 10.9. The molecule has 0 amide bonds. The van der Waals surface area contributed by atoms with Gasteiger partial charge >= 0.3 is 0 Å². The minimum absolute atomic E-state index is 0.227. The van der Waals surface area contributed by atoms with Gasteiger partial charge in [0.1, 0.15) is 6.10 Å². The van der Waals surface area contributed by atoms with Crippen LogP contribution in [-0.2, 0) is 9.47 Å². The fourth-order valence-corrected chi connectivity index (χ4v) is 2.31. The lowest BCUT2D eigenvalue weighted by molar-refractivity contribution is -0.133. The zero-order chi connectivity index (χ0) is 13.1. The van der Waals surface area contributed by atoms with Crippen LogP contribution in [0.3, 0.4) is 0 Å². The van der Waals surface area contributed by atoms with E-state index in [-0.39, 0.29) is 12.1 Å². The summed E-state index contributed by atoms with van der Waals surface area (Å²) in [7, 11) is 1.97. The molecule has 1 unspecified atom stereocenters. The highest BCUT2D eigenvalue weighted by molar-refractivity contribution is 5.83. The van der Waals surface area contributed by atoms with Crippen LogP contribution >= 0.6 is 0 Å². The molecular formula is C16H19NO2. The number of likely N-dealkylation sites (N-methyl/N-ethyl adjacent to an activating group) is 1. The summed E-state index contributed by atoms with van der Waals surface area (Å²) >= 11 is 0. The average molecular weight is 257 g/mol. The van der Waals surface area contributed by atoms with E-state index in [1.165, 1.54) is 16.3 Å². The molecular weight excluding hydrogens is 238 g/mol. The Labute approximate surface area is 113 Å². The fourth-order valence-electron chi connectivity index (χ4n) is 2.31. The molecule has 0 bridgehead atoms. The van der Waals surface area contributed by atoms with Crippen LogP contribution in [0.4, 0.5) is 0 Å². The topological polar surface area (TPSA) is 30.5 Å². The molecule has 1 saturated heterocycles. The Balaban J connectivity index is 1.75. The quantitative estimate of drug-likeness (QED) is 0.892. The van der Waals surface area contributed by atoms with Gasteiger partial charge in [0.25, 0.3) is 0 Å². The van der Waals surface area contributed by atoms with Crippen molar-refractivity contribution in [3.63, 3.8) is 0 Å². The zero-order valence-corrected chi connectivity index (χ0v) is 11.1. The first-order chi connectivity index (χ1) is 9.36. The van der Waals surface area contributed by atoms with Gasteiger partial charge in [0.05, 0.1) is 25.9 Å². The molecule has 3 heteroatoms. The van der Waals surface area contributed by atoms with Crippen molar-refractivity contribution in [1.82, 2.24) is 5.32 Å². The smallest absolute Gasteiger partial charge is 0.104 e. The summed E-state index contributed by atoms with van der Waals surface area (Å²) in [6, 6.07) is 15.2. The van der Waals surface area contributed by atoms with Crippen molar-refractivity contribution in [1.29, 1.82) is 0 Å². The third-order valence-electron chi connectivity index (χ3n) is 3.63. The predicted molar refractivity (Wildman–Crippen MR) is 76.3 cm³/mol. The largest absolute Gasteiger partial charge is 0.376 e. The molecule has 0 saturated carbocycles. The number of hydrogen-bond acceptors (Lipinski definition) is 3. The van der Waals surface area contributed by atoms with E-state index in [9.17, 15) is 0 Å². The van der Waals surface area contributed by atoms with E-state index in [1.807, 2.05) is 7.05 Å². The van der Waals surface area contributed by atoms with Gasteiger partial charge in [0, 0.05) is 0 Å². The molecule has 0 aliphatic carbocycles. The molecule has 0 spiro atoms. The second-order valence-electron chi connectivity index (χ2n) is 4.94. The zero-order valence-electron chi connectivity index (χ0n) is 11.1. The Morgan fingerprint density at radius 3 is 2.68 bits per heavy atom. The van der Waals surface area contributed by atoms with Crippen LogP contribution in [0, 0.1) is 0 Å². The van der Waals surface area contributed by atoms with E-state index in [4.69, 9.17) is 9.47 Å². The van der Waals surface area contributed by atoms with Crippen molar-refractivity contribution >= 4 is 10.8 Å². The molecule has 2 aromatic carbocycles. The summed E-state index contributed by atoms with van der Waals surface area (Å²) in [6.07, 6.45) is 0.274. The van der Waals surface area contributed by atoms with Gasteiger partial charge < -0.3 is 14.8 Å². The minimum atomic E-state index is 0.227. The molecule has 1 atom stereocenters. The van der Waals surface area contributed by atoms with E-state index >= 15 is 0 Å². The maximum atomic E-state index is 5.81. The van der Waals surface area contributed by atoms with Crippen molar-refractivity contribution in [2.45, 2.75) is 12.1 Å². The third-order valence-corrected chi connectivity index (χ3v) is 3.63. The van der Waals surface area contributed by atoms with E-state index in [1.54, 1.807) is 0 Å². The maximum absolute atomic E-state index is 5.81. The molecule has 1 aliphatic rings. The molecule has 0 radical (unpaired) electrons. The fraction of sp³-hybridized carbons (Fsp3) is 0.375. The molecule has 0 aromatic heterocycles. The van der Waals surface area contributed by atoms with Gasteiger partial charge in [-0.05, 0) is 29.4 Å². The van der Waals surface area contributed by atoms with Crippen LogP contribution in [-0.4, -0.2) is 33.0 Å². The molecule has 1 fully saturated rings. The Hall–Kier alpha value is -1.42. The lowest BCUT2D eigenvalue weighted by Gasteiger charge is -2.28. The lowest BCUT2D eigenvalue weighted by atomic mass is 10.0. The van der Waals surface area contributed by atoms with E-state index < -0.39 is 0 Å². The first-order valence-corrected chi connectivity index (χ1v) is 6.72. The second kappa shape index (κ2) is 5.70. The molecule has 2 aromatic rings. The van der Waals surface area contributed by atoms with Crippen LogP contribution in [0.1, 0.15) is 11.6 Å². The van der Waals surface area contributed by atoms with Crippen molar-refractivity contribution in [2.24, 2.45) is 0 Å². The molecule has 3 nitrogen and oxygen atoms in total. The normalized spacial score (nSPS) is 17.3. The van der Waals surface area contributed by atoms with Crippen LogP contribution < -0.4 is 5.32 Å². The highest BCUT2D eigenvalue weighted by atomic mass is 16.6. The Kier molecular flexibility index (Phi) is 3.78. The molecule has 100 valence electrons. The summed E-state index contributed by atoms with van der Waals surface area (Å²) in [5.41, 5.74) is 1.27. The molecule has 19 heavy (non-hydrogen) atoms. The number of benzene rings is 2. The molecule has 3 rings (SSSR count). The molecule has 1 aliphatic heterocycles. The first-order valence-electron chi connectivity index (χ1n) is 6.72. The van der Waals surface area contributed by atoms with Crippen molar-refractivity contribution in [2.75, 3.05) is 26.9 Å². The monoisotopic (exact) mass is 257 g/mol. The van der Waals surface area contributed by atoms with Gasteiger partial charge in [-0.3, -0.25) is 0 Å². The standard InChI is InChI=1S/C16H19NO2/c1-17-16(11-19-15-9-18-10-15)14-7-6-12-4-2-3-5-13(12)8-14/h2-8,15-17H,9-11H2,1H3. The van der Waals surface area contributed by atoms with Crippen LogP contribution in [0.15, 0.2) is 42.5 Å². The van der Waals surface area contributed by atoms with Crippen molar-refractivity contribution in [3.8, 4) is 0 Å². The lowest BCUT2D eigenvalue weighted by Crippen LogP contribution is -2.38. The summed E-state index contributed by atoms with van der Waals surface area (Å²) in [6.45, 7) is 2.14. The van der Waals surface area contributed by atoms with Gasteiger partial charge in [-0.15, -0.1) is 0 Å². The van der Waals surface area contributed by atoms with Gasteiger partial charge in [-0.1, -0.05) is 36.4 Å². The summed E-state index contributed by atoms with van der Waals surface area (Å²) in [5, 5.41) is 5.86. The van der Waals surface area contributed by atoms with E-state index in [0.29, 0.717) is 6.61 Å². The van der Waals surface area contributed by atoms with Gasteiger partial charge in [0.2, 0.25) is 0 Å². The second-order valence-corrected chi connectivity index (χ2v) is 4.94. The van der Waals surface area contributed by atoms with E-state index in [0.717, 1.165) is 13.2 Å². The Morgan fingerprint density at radius 1 is 1.21 bits per heavy atom. The predicted octanol–water partition coefficient (Wildman–Crippen LogP) is 2.52. The number of ether oxygens (including phenoxy) is 2. The number of rotatable bonds is 5. The average Bonchev–Trinajstić information content (AvgIpc) is 2.41. The van der Waals surface area contributed by atoms with Crippen LogP contribution in [0.2, 0.25) is 0 Å². The highest BCUT2D eigenvalue weighted by Gasteiger charge is 2.20. The Morgan fingerprint density at radius 2 is 2.00 bits per heavy atom. The van der Waals surface area contributed by atoms with Crippen molar-refractivity contribution < 1.29 is 9.47 Å². The van der Waals surface area contributed by atoms with Gasteiger partial charge in [-0.2, -0.15) is 0 Å². The highest BCUT2D eigenvalue weighted by Crippen LogP contribution is 2.21. The number of hydrogen-bond donors (Lipinski definition) is 1.